The van der Waals surface area contributed by atoms with Gasteiger partial charge in [-0.2, -0.15) is 0 Å². The molecular weight excluding hydrogens is 240 g/mol. The number of nitrogens with one attached hydrogen (secondary N) is 1. The van der Waals surface area contributed by atoms with Crippen molar-refractivity contribution in [1.82, 2.24) is 10.3 Å². The summed E-state index contributed by atoms with van der Waals surface area (Å²) < 4.78 is 0. The van der Waals surface area contributed by atoms with Gasteiger partial charge in [0.2, 0.25) is 0 Å². The Balaban J connectivity index is 2.28. The number of carbonyl (C=O) groups is 1. The second-order valence-electron chi connectivity index (χ2n) is 4.00. The van der Waals surface area contributed by atoms with E-state index in [1.54, 1.807) is 23.2 Å². The molecular formula is C11H15ClN4O. The molecule has 0 radical (unpaired) electrons. The molecule has 17 heavy (non-hydrogen) atoms. The smallest absolute Gasteiger partial charge is 0.319 e. The zero-order valence-corrected chi connectivity index (χ0v) is 10.2. The average molecular weight is 255 g/mol. The van der Waals surface area contributed by atoms with Gasteiger partial charge in [-0.15, -0.1) is 0 Å². The van der Waals surface area contributed by atoms with Gasteiger partial charge in [-0.25, -0.2) is 9.78 Å². The van der Waals surface area contributed by atoms with Crippen molar-refractivity contribution >= 4 is 23.3 Å². The highest BCUT2D eigenvalue weighted by molar-refractivity contribution is 6.32. The molecule has 3 N–H and O–H groups in total. The molecule has 0 aliphatic carbocycles. The Bertz CT molecular complexity index is 406. The van der Waals surface area contributed by atoms with Crippen LogP contribution < -0.4 is 16.0 Å². The van der Waals surface area contributed by atoms with Crippen molar-refractivity contribution in [2.45, 2.75) is 18.9 Å². The highest BCUT2D eigenvalue weighted by atomic mass is 35.5. The third-order valence-corrected chi connectivity index (χ3v) is 3.20. The van der Waals surface area contributed by atoms with E-state index in [0.717, 1.165) is 25.9 Å². The topological polar surface area (TPSA) is 71.2 Å². The van der Waals surface area contributed by atoms with Gasteiger partial charge in [-0.3, -0.25) is 4.90 Å². The summed E-state index contributed by atoms with van der Waals surface area (Å²) in [6, 6.07) is 3.13. The van der Waals surface area contributed by atoms with Crippen LogP contribution in [0.5, 0.6) is 0 Å². The number of carbonyl (C=O) groups excluding carboxylic acids is 1. The molecule has 1 fully saturated rings. The number of hydrogen-bond donors (Lipinski definition) is 2. The van der Waals surface area contributed by atoms with Crippen molar-refractivity contribution < 1.29 is 4.79 Å². The minimum atomic E-state index is -0.480. The molecule has 1 saturated heterocycles. The van der Waals surface area contributed by atoms with Crippen LogP contribution in [0.15, 0.2) is 18.3 Å². The third-order valence-electron chi connectivity index (χ3n) is 2.91. The zero-order valence-electron chi connectivity index (χ0n) is 9.40. The van der Waals surface area contributed by atoms with Crippen LogP contribution >= 0.6 is 11.6 Å². The maximum atomic E-state index is 11.6. The summed E-state index contributed by atoms with van der Waals surface area (Å²) in [6.45, 7) is 1.76. The number of amides is 2. The number of nitrogens with zero attached hydrogens (tertiary/aromatic N) is 2. The number of aromatic nitrogens is 1. The fourth-order valence-electron chi connectivity index (χ4n) is 2.12. The van der Waals surface area contributed by atoms with Crippen molar-refractivity contribution in [1.29, 1.82) is 0 Å². The molecule has 1 aromatic rings. The van der Waals surface area contributed by atoms with Crippen molar-refractivity contribution in [3.63, 3.8) is 0 Å². The summed E-state index contributed by atoms with van der Waals surface area (Å²) in [5.74, 6) is 0. The van der Waals surface area contributed by atoms with Crippen molar-refractivity contribution in [3.8, 4) is 0 Å². The first kappa shape index (κ1) is 12.1. The monoisotopic (exact) mass is 254 g/mol. The van der Waals surface area contributed by atoms with Gasteiger partial charge in [0.1, 0.15) is 0 Å². The minimum Gasteiger partial charge on any atom is -0.351 e. The number of rotatable bonds is 2. The molecule has 0 unspecified atom stereocenters. The lowest BCUT2D eigenvalue weighted by Gasteiger charge is -2.33. The number of piperidine rings is 1. The molecule has 6 heteroatoms. The second kappa shape index (κ2) is 5.33. The number of nitrogens with two attached hydrogens (primary N) is 1. The first-order valence-corrected chi connectivity index (χ1v) is 5.98. The van der Waals surface area contributed by atoms with Crippen LogP contribution in [0, 0.1) is 0 Å². The fourth-order valence-corrected chi connectivity index (χ4v) is 2.33. The Kier molecular flexibility index (Phi) is 3.81. The SMILES string of the molecule is NC(=O)N(c1cccnc1Cl)C1CCNCC1. The molecule has 0 spiro atoms. The Labute approximate surface area is 105 Å². The second-order valence-corrected chi connectivity index (χ2v) is 4.36. The van der Waals surface area contributed by atoms with Crippen LogP contribution in [0.4, 0.5) is 10.5 Å². The lowest BCUT2D eigenvalue weighted by atomic mass is 10.0. The van der Waals surface area contributed by atoms with E-state index >= 15 is 0 Å². The molecule has 2 amide bonds. The molecule has 92 valence electrons. The maximum absolute atomic E-state index is 11.6. The van der Waals surface area contributed by atoms with E-state index < -0.39 is 6.03 Å². The van der Waals surface area contributed by atoms with E-state index in [0.29, 0.717) is 10.8 Å². The van der Waals surface area contributed by atoms with Gasteiger partial charge >= 0.3 is 6.03 Å². The molecule has 0 saturated carbocycles. The Hall–Kier alpha value is -1.33. The molecule has 1 aromatic heterocycles. The van der Waals surface area contributed by atoms with Gasteiger partial charge in [0.25, 0.3) is 0 Å². The predicted molar refractivity (Wildman–Crippen MR) is 67.2 cm³/mol. The van der Waals surface area contributed by atoms with Gasteiger partial charge in [-0.05, 0) is 38.1 Å². The third kappa shape index (κ3) is 2.68. The Morgan fingerprint density at radius 2 is 2.24 bits per heavy atom. The van der Waals surface area contributed by atoms with Crippen LogP contribution in [0.1, 0.15) is 12.8 Å². The number of pyridine rings is 1. The summed E-state index contributed by atoms with van der Waals surface area (Å²) in [6.07, 6.45) is 3.33. The number of hydrogen-bond acceptors (Lipinski definition) is 3. The summed E-state index contributed by atoms with van der Waals surface area (Å²) in [5.41, 5.74) is 6.04. The quantitative estimate of drug-likeness (QED) is 0.783. The highest BCUT2D eigenvalue weighted by Gasteiger charge is 2.26. The summed E-state index contributed by atoms with van der Waals surface area (Å²) in [7, 11) is 0. The Morgan fingerprint density at radius 3 is 2.82 bits per heavy atom. The molecule has 1 aliphatic heterocycles. The first-order valence-electron chi connectivity index (χ1n) is 5.60. The largest absolute Gasteiger partial charge is 0.351 e. The van der Waals surface area contributed by atoms with E-state index in [-0.39, 0.29) is 6.04 Å². The van der Waals surface area contributed by atoms with Crippen LogP contribution in [0.2, 0.25) is 5.15 Å². The number of urea groups is 1. The first-order chi connectivity index (χ1) is 8.20. The van der Waals surface area contributed by atoms with E-state index in [1.807, 2.05) is 0 Å². The van der Waals surface area contributed by atoms with Crippen LogP contribution in [0.25, 0.3) is 0 Å². The zero-order chi connectivity index (χ0) is 12.3. The normalized spacial score (nSPS) is 16.8. The fraction of sp³-hybridized carbons (Fsp3) is 0.455. The molecule has 0 aromatic carbocycles. The highest BCUT2D eigenvalue weighted by Crippen LogP contribution is 2.27. The predicted octanol–water partition coefficient (Wildman–Crippen LogP) is 1.37. The molecule has 0 bridgehead atoms. The summed E-state index contributed by atoms with van der Waals surface area (Å²) in [4.78, 5) is 17.1. The molecule has 5 nitrogen and oxygen atoms in total. The molecule has 0 atom stereocenters. The van der Waals surface area contributed by atoms with Gasteiger partial charge in [0.05, 0.1) is 5.69 Å². The van der Waals surface area contributed by atoms with Crippen molar-refractivity contribution in [3.05, 3.63) is 23.5 Å². The van der Waals surface area contributed by atoms with Gasteiger partial charge in [0.15, 0.2) is 5.15 Å². The lowest BCUT2D eigenvalue weighted by molar-refractivity contribution is 0.249. The molecule has 2 heterocycles. The molecule has 1 aliphatic rings. The number of halogens is 1. The average Bonchev–Trinajstić information content (AvgIpc) is 2.33. The van der Waals surface area contributed by atoms with Gasteiger partial charge in [-0.1, -0.05) is 11.6 Å². The standard InChI is InChI=1S/C11H15ClN4O/c12-10-9(2-1-5-15-10)16(11(13)17)8-3-6-14-7-4-8/h1-2,5,8,14H,3-4,6-7H2,(H2,13,17). The van der Waals surface area contributed by atoms with E-state index in [9.17, 15) is 4.79 Å². The lowest BCUT2D eigenvalue weighted by Crippen LogP contribution is -2.48. The van der Waals surface area contributed by atoms with Crippen LogP contribution in [-0.2, 0) is 0 Å². The minimum absolute atomic E-state index is 0.0930. The molecule has 2 rings (SSSR count). The number of primary amides is 1. The van der Waals surface area contributed by atoms with E-state index in [2.05, 4.69) is 10.3 Å². The van der Waals surface area contributed by atoms with E-state index in [4.69, 9.17) is 17.3 Å². The summed E-state index contributed by atoms with van der Waals surface area (Å²) >= 11 is 6.01. The van der Waals surface area contributed by atoms with Gasteiger partial charge in [0, 0.05) is 12.2 Å². The Morgan fingerprint density at radius 1 is 1.53 bits per heavy atom. The van der Waals surface area contributed by atoms with Crippen LogP contribution in [-0.4, -0.2) is 30.1 Å². The van der Waals surface area contributed by atoms with Gasteiger partial charge < -0.3 is 11.1 Å². The maximum Gasteiger partial charge on any atom is 0.319 e. The van der Waals surface area contributed by atoms with E-state index in [1.165, 1.54) is 0 Å². The van der Waals surface area contributed by atoms with Crippen molar-refractivity contribution in [2.75, 3.05) is 18.0 Å². The van der Waals surface area contributed by atoms with Crippen molar-refractivity contribution in [2.24, 2.45) is 5.73 Å². The van der Waals surface area contributed by atoms with Crippen LogP contribution in [0.3, 0.4) is 0 Å². The number of anilines is 1. The summed E-state index contributed by atoms with van der Waals surface area (Å²) in [5, 5.41) is 3.56.